The van der Waals surface area contributed by atoms with Crippen LogP contribution in [0.4, 0.5) is 0 Å². The SMILES string of the molecule is C=CC1=C(/C=C\C)C(C)=C(C=C(C)C)C1(C)C. The maximum atomic E-state index is 3.98. The van der Waals surface area contributed by atoms with Crippen molar-refractivity contribution in [2.24, 2.45) is 5.41 Å². The van der Waals surface area contributed by atoms with Gasteiger partial charge in [0.1, 0.15) is 0 Å². The molecule has 0 unspecified atom stereocenters. The number of allylic oxidation sites excluding steroid dienone is 9. The van der Waals surface area contributed by atoms with Crippen LogP contribution in [0.15, 0.2) is 58.7 Å². The molecule has 0 aromatic carbocycles. The van der Waals surface area contributed by atoms with Gasteiger partial charge < -0.3 is 0 Å². The summed E-state index contributed by atoms with van der Waals surface area (Å²) in [6.07, 6.45) is 8.60. The number of hydrogen-bond acceptors (Lipinski definition) is 0. The molecule has 17 heavy (non-hydrogen) atoms. The third-order valence-corrected chi connectivity index (χ3v) is 3.42. The van der Waals surface area contributed by atoms with Crippen molar-refractivity contribution in [1.82, 2.24) is 0 Å². The van der Waals surface area contributed by atoms with Crippen LogP contribution in [0.5, 0.6) is 0 Å². The Morgan fingerprint density at radius 2 is 1.76 bits per heavy atom. The molecule has 1 aliphatic carbocycles. The molecule has 0 radical (unpaired) electrons. The molecule has 0 spiro atoms. The third kappa shape index (κ3) is 2.36. The zero-order valence-corrected chi connectivity index (χ0v) is 12.0. The highest BCUT2D eigenvalue weighted by atomic mass is 14.4. The fourth-order valence-corrected chi connectivity index (χ4v) is 2.62. The maximum Gasteiger partial charge on any atom is 0.0155 e. The van der Waals surface area contributed by atoms with Gasteiger partial charge in [-0.3, -0.25) is 0 Å². The first kappa shape index (κ1) is 13.8. The van der Waals surface area contributed by atoms with Gasteiger partial charge in [-0.1, -0.05) is 50.3 Å². The Kier molecular flexibility index (Phi) is 3.98. The van der Waals surface area contributed by atoms with Crippen LogP contribution in [0.25, 0.3) is 0 Å². The summed E-state index contributed by atoms with van der Waals surface area (Å²) in [5.41, 5.74) is 6.88. The van der Waals surface area contributed by atoms with Gasteiger partial charge in [-0.25, -0.2) is 0 Å². The van der Waals surface area contributed by atoms with Gasteiger partial charge in [-0.15, -0.1) is 0 Å². The highest BCUT2D eigenvalue weighted by Crippen LogP contribution is 2.48. The second-order valence-corrected chi connectivity index (χ2v) is 5.42. The number of rotatable bonds is 3. The quantitative estimate of drug-likeness (QED) is 0.609. The maximum absolute atomic E-state index is 3.98. The van der Waals surface area contributed by atoms with Crippen LogP contribution >= 0.6 is 0 Å². The molecule has 0 aromatic heterocycles. The Morgan fingerprint density at radius 1 is 1.18 bits per heavy atom. The molecule has 0 nitrogen and oxygen atoms in total. The lowest BCUT2D eigenvalue weighted by Crippen LogP contribution is -2.13. The van der Waals surface area contributed by atoms with Gasteiger partial charge in [0.15, 0.2) is 0 Å². The van der Waals surface area contributed by atoms with Gasteiger partial charge in [0.2, 0.25) is 0 Å². The van der Waals surface area contributed by atoms with Crippen molar-refractivity contribution < 1.29 is 0 Å². The first-order valence-corrected chi connectivity index (χ1v) is 6.22. The van der Waals surface area contributed by atoms with Crippen LogP contribution in [0, 0.1) is 5.41 Å². The first-order valence-electron chi connectivity index (χ1n) is 6.22. The molecule has 0 saturated heterocycles. The van der Waals surface area contributed by atoms with Crippen LogP contribution < -0.4 is 0 Å². The minimum atomic E-state index is 0.0674. The summed E-state index contributed by atoms with van der Waals surface area (Å²) in [7, 11) is 0. The van der Waals surface area contributed by atoms with Gasteiger partial charge >= 0.3 is 0 Å². The van der Waals surface area contributed by atoms with E-state index in [0.29, 0.717) is 0 Å². The Hall–Kier alpha value is -1.30. The molecule has 0 aromatic rings. The summed E-state index contributed by atoms with van der Waals surface area (Å²) in [6, 6.07) is 0. The molecule has 1 aliphatic rings. The van der Waals surface area contributed by atoms with Crippen LogP contribution in [0.1, 0.15) is 41.5 Å². The smallest absolute Gasteiger partial charge is 0.0155 e. The molecule has 0 amide bonds. The van der Waals surface area contributed by atoms with E-state index in [1.54, 1.807) is 0 Å². The lowest BCUT2D eigenvalue weighted by molar-refractivity contribution is 0.575. The average molecular weight is 228 g/mol. The van der Waals surface area contributed by atoms with Gasteiger partial charge in [-0.05, 0) is 50.0 Å². The van der Waals surface area contributed by atoms with Crippen molar-refractivity contribution in [2.45, 2.75) is 41.5 Å². The molecular weight excluding hydrogens is 204 g/mol. The van der Waals surface area contributed by atoms with Gasteiger partial charge in [0.25, 0.3) is 0 Å². The predicted molar refractivity (Wildman–Crippen MR) is 77.9 cm³/mol. The summed E-state index contributed by atoms with van der Waals surface area (Å²) >= 11 is 0. The molecule has 0 bridgehead atoms. The number of hydrogen-bond donors (Lipinski definition) is 0. The highest BCUT2D eigenvalue weighted by Gasteiger charge is 2.34. The zero-order chi connectivity index (χ0) is 13.2. The van der Waals surface area contributed by atoms with Gasteiger partial charge in [-0.2, -0.15) is 0 Å². The largest absolute Gasteiger partial charge is 0.0987 e. The van der Waals surface area contributed by atoms with Crippen molar-refractivity contribution in [3.05, 3.63) is 58.7 Å². The molecule has 0 heterocycles. The zero-order valence-electron chi connectivity index (χ0n) is 12.0. The van der Waals surface area contributed by atoms with E-state index in [1.807, 2.05) is 6.08 Å². The van der Waals surface area contributed by atoms with Crippen LogP contribution in [0.2, 0.25) is 0 Å². The van der Waals surface area contributed by atoms with E-state index >= 15 is 0 Å². The van der Waals surface area contributed by atoms with Crippen molar-refractivity contribution >= 4 is 0 Å². The van der Waals surface area contributed by atoms with Crippen LogP contribution in [0.3, 0.4) is 0 Å². The average Bonchev–Trinajstić information content (AvgIpc) is 2.39. The Bertz CT molecular complexity index is 444. The standard InChI is InChI=1S/C17H24/c1-8-10-14-13(5)16(11-12(3)4)17(6,7)15(14)9-2/h8-11H,2H2,1,3-7H3/b10-8-. The van der Waals surface area contributed by atoms with E-state index in [2.05, 4.69) is 66.3 Å². The normalized spacial score (nSPS) is 19.2. The summed E-state index contributed by atoms with van der Waals surface area (Å²) in [6.45, 7) is 17.1. The second kappa shape index (κ2) is 4.91. The monoisotopic (exact) mass is 228 g/mol. The molecule has 0 saturated carbocycles. The predicted octanol–water partition coefficient (Wildman–Crippen LogP) is 5.37. The molecule has 0 fully saturated rings. The fourth-order valence-electron chi connectivity index (χ4n) is 2.62. The van der Waals surface area contributed by atoms with Crippen molar-refractivity contribution in [2.75, 3.05) is 0 Å². The lowest BCUT2D eigenvalue weighted by atomic mass is 9.79. The fraction of sp³-hybridized carbons (Fsp3) is 0.412. The topological polar surface area (TPSA) is 0 Å². The van der Waals surface area contributed by atoms with E-state index in [0.717, 1.165) is 0 Å². The van der Waals surface area contributed by atoms with Crippen molar-refractivity contribution in [3.63, 3.8) is 0 Å². The minimum absolute atomic E-state index is 0.0674. The molecule has 0 N–H and O–H groups in total. The van der Waals surface area contributed by atoms with E-state index in [-0.39, 0.29) is 5.41 Å². The second-order valence-electron chi connectivity index (χ2n) is 5.42. The lowest BCUT2D eigenvalue weighted by Gasteiger charge is -2.24. The summed E-state index contributed by atoms with van der Waals surface area (Å²) in [4.78, 5) is 0. The first-order chi connectivity index (χ1) is 7.86. The van der Waals surface area contributed by atoms with Gasteiger partial charge in [0.05, 0.1) is 0 Å². The molecule has 0 heteroatoms. The van der Waals surface area contributed by atoms with E-state index < -0.39 is 0 Å². The summed E-state index contributed by atoms with van der Waals surface area (Å²) in [5.74, 6) is 0. The van der Waals surface area contributed by atoms with Crippen LogP contribution in [-0.4, -0.2) is 0 Å². The van der Waals surface area contributed by atoms with Crippen molar-refractivity contribution in [3.8, 4) is 0 Å². The van der Waals surface area contributed by atoms with Crippen molar-refractivity contribution in [1.29, 1.82) is 0 Å². The minimum Gasteiger partial charge on any atom is -0.0987 e. The summed E-state index contributed by atoms with van der Waals surface area (Å²) < 4.78 is 0. The third-order valence-electron chi connectivity index (χ3n) is 3.42. The highest BCUT2D eigenvalue weighted by molar-refractivity contribution is 5.62. The van der Waals surface area contributed by atoms with E-state index in [4.69, 9.17) is 0 Å². The molecule has 92 valence electrons. The Morgan fingerprint density at radius 3 is 2.18 bits per heavy atom. The van der Waals surface area contributed by atoms with Gasteiger partial charge in [0, 0.05) is 5.41 Å². The molecular formula is C17H24. The molecule has 0 aliphatic heterocycles. The molecule has 0 atom stereocenters. The Labute approximate surface area is 106 Å². The van der Waals surface area contributed by atoms with E-state index in [1.165, 1.54) is 27.9 Å². The van der Waals surface area contributed by atoms with E-state index in [9.17, 15) is 0 Å². The van der Waals surface area contributed by atoms with Crippen LogP contribution in [-0.2, 0) is 0 Å². The molecule has 1 rings (SSSR count). The summed E-state index contributed by atoms with van der Waals surface area (Å²) in [5, 5.41) is 0. The Balaban J connectivity index is 3.48.